The molecule has 2 N–H and O–H groups in total. The van der Waals surface area contributed by atoms with E-state index in [1.54, 1.807) is 25.2 Å². The minimum absolute atomic E-state index is 0. The number of hydrogen-bond acceptors (Lipinski definition) is 3. The predicted octanol–water partition coefficient (Wildman–Crippen LogP) is 2.35. The van der Waals surface area contributed by atoms with Crippen molar-refractivity contribution >= 4 is 35.8 Å². The Morgan fingerprint density at radius 1 is 1.22 bits per heavy atom. The van der Waals surface area contributed by atoms with Gasteiger partial charge in [-0.05, 0) is 37.1 Å². The molecule has 8 heteroatoms. The van der Waals surface area contributed by atoms with Crippen LogP contribution in [0.5, 0.6) is 0 Å². The Kier molecular flexibility index (Phi) is 10.5. The highest BCUT2D eigenvalue weighted by molar-refractivity contribution is 14.0. The number of carbonyl (C=O) groups is 1. The zero-order valence-corrected chi connectivity index (χ0v) is 18.5. The van der Waals surface area contributed by atoms with Gasteiger partial charge in [0.25, 0.3) is 5.91 Å². The van der Waals surface area contributed by atoms with Crippen molar-refractivity contribution in [3.63, 3.8) is 0 Å². The van der Waals surface area contributed by atoms with Crippen molar-refractivity contribution in [2.75, 3.05) is 27.2 Å². The number of carbonyl (C=O) groups excluding carboxylic acids is 1. The minimum Gasteiger partial charge on any atom is -0.357 e. The Bertz CT molecular complexity index is 697. The number of rotatable bonds is 8. The van der Waals surface area contributed by atoms with E-state index in [9.17, 15) is 4.79 Å². The Balaban J connectivity index is 0.00000364. The fourth-order valence-corrected chi connectivity index (χ4v) is 2.40. The van der Waals surface area contributed by atoms with E-state index in [0.717, 1.165) is 37.6 Å². The van der Waals surface area contributed by atoms with Gasteiger partial charge in [-0.25, -0.2) is 4.99 Å². The number of aliphatic imine (C=N–C) groups is 1. The van der Waals surface area contributed by atoms with Gasteiger partial charge in [-0.2, -0.15) is 5.10 Å². The lowest BCUT2D eigenvalue weighted by atomic mass is 10.1. The molecule has 7 nitrogen and oxygen atoms in total. The Hall–Kier alpha value is -2.10. The number of halogens is 1. The summed E-state index contributed by atoms with van der Waals surface area (Å²) in [7, 11) is 3.50. The van der Waals surface area contributed by atoms with E-state index in [4.69, 9.17) is 0 Å². The molecule has 27 heavy (non-hydrogen) atoms. The van der Waals surface area contributed by atoms with Crippen LogP contribution in [-0.4, -0.2) is 53.7 Å². The highest BCUT2D eigenvalue weighted by Crippen LogP contribution is 2.07. The first kappa shape index (κ1) is 22.9. The van der Waals surface area contributed by atoms with Crippen LogP contribution in [0.15, 0.2) is 47.7 Å². The van der Waals surface area contributed by atoms with Crippen LogP contribution in [0, 0.1) is 0 Å². The van der Waals surface area contributed by atoms with E-state index in [0.29, 0.717) is 12.1 Å². The van der Waals surface area contributed by atoms with Crippen molar-refractivity contribution in [1.29, 1.82) is 0 Å². The summed E-state index contributed by atoms with van der Waals surface area (Å²) in [4.78, 5) is 18.1. The second-order valence-electron chi connectivity index (χ2n) is 6.14. The first-order valence-corrected chi connectivity index (χ1v) is 8.90. The zero-order chi connectivity index (χ0) is 18.8. The van der Waals surface area contributed by atoms with Gasteiger partial charge in [0.1, 0.15) is 0 Å². The van der Waals surface area contributed by atoms with E-state index in [1.165, 1.54) is 0 Å². The van der Waals surface area contributed by atoms with Crippen molar-refractivity contribution in [3.8, 4) is 0 Å². The van der Waals surface area contributed by atoms with Crippen LogP contribution in [-0.2, 0) is 13.1 Å². The first-order chi connectivity index (χ1) is 12.6. The van der Waals surface area contributed by atoms with Gasteiger partial charge in [0.15, 0.2) is 5.96 Å². The maximum atomic E-state index is 11.9. The number of aromatic nitrogens is 2. The second kappa shape index (κ2) is 12.3. The molecule has 1 aromatic carbocycles. The third-order valence-corrected chi connectivity index (χ3v) is 3.79. The molecule has 148 valence electrons. The molecular formula is C19H29IN6O. The largest absolute Gasteiger partial charge is 0.357 e. The number of benzene rings is 1. The van der Waals surface area contributed by atoms with Crippen molar-refractivity contribution in [2.24, 2.45) is 4.99 Å². The lowest BCUT2D eigenvalue weighted by Gasteiger charge is -2.12. The number of guanidine groups is 1. The van der Waals surface area contributed by atoms with Crippen LogP contribution in [0.25, 0.3) is 0 Å². The molecule has 0 spiro atoms. The Morgan fingerprint density at radius 2 is 1.96 bits per heavy atom. The minimum atomic E-state index is 0. The maximum Gasteiger partial charge on any atom is 0.253 e. The van der Waals surface area contributed by atoms with Gasteiger partial charge in [0, 0.05) is 51.7 Å². The van der Waals surface area contributed by atoms with Gasteiger partial charge in [0.05, 0.1) is 6.54 Å². The van der Waals surface area contributed by atoms with Crippen molar-refractivity contribution in [2.45, 2.75) is 26.4 Å². The Morgan fingerprint density at radius 3 is 2.56 bits per heavy atom. The number of aryl methyl sites for hydroxylation is 1. The molecule has 0 saturated heterocycles. The van der Waals surface area contributed by atoms with Crippen LogP contribution in [0.3, 0.4) is 0 Å². The van der Waals surface area contributed by atoms with Crippen LogP contribution in [0.1, 0.15) is 29.3 Å². The average molecular weight is 484 g/mol. The van der Waals surface area contributed by atoms with Crippen LogP contribution >= 0.6 is 24.0 Å². The van der Waals surface area contributed by atoms with Gasteiger partial charge in [-0.1, -0.05) is 12.1 Å². The van der Waals surface area contributed by atoms with E-state index in [2.05, 4.69) is 20.7 Å². The highest BCUT2D eigenvalue weighted by Gasteiger charge is 2.07. The van der Waals surface area contributed by atoms with Crippen LogP contribution in [0.4, 0.5) is 0 Å². The highest BCUT2D eigenvalue weighted by atomic mass is 127. The fraction of sp³-hybridized carbons (Fsp3) is 0.421. The van der Waals surface area contributed by atoms with Gasteiger partial charge in [-0.15, -0.1) is 24.0 Å². The summed E-state index contributed by atoms with van der Waals surface area (Å²) < 4.78 is 1.92. The fourth-order valence-electron chi connectivity index (χ4n) is 2.40. The summed E-state index contributed by atoms with van der Waals surface area (Å²) in [6.45, 7) is 5.11. The van der Waals surface area contributed by atoms with Gasteiger partial charge >= 0.3 is 0 Å². The van der Waals surface area contributed by atoms with Crippen molar-refractivity contribution < 1.29 is 4.79 Å². The molecule has 2 rings (SSSR count). The third kappa shape index (κ3) is 7.98. The molecule has 0 saturated carbocycles. The molecule has 0 aliphatic heterocycles. The lowest BCUT2D eigenvalue weighted by Crippen LogP contribution is -2.38. The smallest absolute Gasteiger partial charge is 0.253 e. The van der Waals surface area contributed by atoms with Gasteiger partial charge in [-0.3, -0.25) is 9.48 Å². The van der Waals surface area contributed by atoms with Crippen molar-refractivity contribution in [3.05, 3.63) is 53.9 Å². The predicted molar refractivity (Wildman–Crippen MR) is 120 cm³/mol. The first-order valence-electron chi connectivity index (χ1n) is 8.90. The molecule has 0 aliphatic rings. The molecule has 0 bridgehead atoms. The molecule has 1 aromatic heterocycles. The summed E-state index contributed by atoms with van der Waals surface area (Å²) in [5, 5.41) is 10.8. The van der Waals surface area contributed by atoms with Crippen LogP contribution in [0.2, 0.25) is 0 Å². The molecule has 0 atom stereocenters. The molecular weight excluding hydrogens is 455 g/mol. The van der Waals surface area contributed by atoms with E-state index in [-0.39, 0.29) is 29.9 Å². The van der Waals surface area contributed by atoms with E-state index in [1.807, 2.05) is 48.1 Å². The number of nitrogens with one attached hydrogen (secondary N) is 2. The number of amides is 1. The molecule has 0 aliphatic carbocycles. The summed E-state index contributed by atoms with van der Waals surface area (Å²) >= 11 is 0. The summed E-state index contributed by atoms with van der Waals surface area (Å²) in [5.74, 6) is 0.800. The topological polar surface area (TPSA) is 74.6 Å². The summed E-state index contributed by atoms with van der Waals surface area (Å²) in [6.07, 6.45) is 4.72. The summed E-state index contributed by atoms with van der Waals surface area (Å²) in [5.41, 5.74) is 1.75. The normalized spacial score (nSPS) is 10.9. The molecule has 1 amide bonds. The second-order valence-corrected chi connectivity index (χ2v) is 6.14. The maximum absolute atomic E-state index is 11.9. The molecule has 2 aromatic rings. The van der Waals surface area contributed by atoms with Crippen molar-refractivity contribution in [1.82, 2.24) is 25.3 Å². The lowest BCUT2D eigenvalue weighted by molar-refractivity contribution is 0.0827. The number of nitrogens with zero attached hydrogens (tertiary/aromatic N) is 4. The average Bonchev–Trinajstić information content (AvgIpc) is 3.16. The quantitative estimate of drug-likeness (QED) is 0.261. The summed E-state index contributed by atoms with van der Waals surface area (Å²) in [6, 6.07) is 9.51. The third-order valence-electron chi connectivity index (χ3n) is 3.79. The van der Waals surface area contributed by atoms with Crippen LogP contribution < -0.4 is 10.6 Å². The zero-order valence-electron chi connectivity index (χ0n) is 16.2. The molecule has 0 radical (unpaired) electrons. The van der Waals surface area contributed by atoms with Gasteiger partial charge < -0.3 is 15.5 Å². The molecule has 0 fully saturated rings. The molecule has 1 heterocycles. The van der Waals surface area contributed by atoms with E-state index >= 15 is 0 Å². The number of hydrogen-bond donors (Lipinski definition) is 2. The SMILES string of the molecule is CCNC(=NCc1ccc(C(=O)N(C)C)cc1)NCCCn1cccn1.I. The van der Waals surface area contributed by atoms with Gasteiger partial charge in [0.2, 0.25) is 0 Å². The molecule has 0 unspecified atom stereocenters. The monoisotopic (exact) mass is 484 g/mol. The Labute approximate surface area is 178 Å². The standard InChI is InChI=1S/C19H28N6O.HI/c1-4-20-19(21-11-5-13-25-14-6-12-23-25)22-15-16-7-9-17(10-8-16)18(26)24(2)3;/h6-10,12,14H,4-5,11,13,15H2,1-3H3,(H2,20,21,22);1H. The van der Waals surface area contributed by atoms with E-state index < -0.39 is 0 Å².